The van der Waals surface area contributed by atoms with Gasteiger partial charge in [-0.1, -0.05) is 11.6 Å². The summed E-state index contributed by atoms with van der Waals surface area (Å²) in [6.07, 6.45) is -3.16. The van der Waals surface area contributed by atoms with Gasteiger partial charge in [0.05, 0.1) is 16.3 Å². The monoisotopic (exact) mass is 455 g/mol. The number of carbonyl (C=O) groups is 3. The summed E-state index contributed by atoms with van der Waals surface area (Å²) in [6, 6.07) is 3.08. The standard InChI is InChI=1S/C19H17ClF3N5O3/c1-27-5-3-14(26-27)18(16(30)24-17(31)25-18)4-2-15(29)28-8-10-6-12(19(21,22)23)13(20)7-11(10)9-28/h3,5-7H,2,4,8-9H2,1H3,(H2,24,25,30,31). The largest absolute Gasteiger partial charge is 0.417 e. The first-order chi connectivity index (χ1) is 14.5. The molecule has 2 N–H and O–H groups in total. The van der Waals surface area contributed by atoms with E-state index in [4.69, 9.17) is 11.6 Å². The van der Waals surface area contributed by atoms with Crippen molar-refractivity contribution in [2.45, 2.75) is 37.6 Å². The minimum atomic E-state index is -4.59. The predicted molar refractivity (Wildman–Crippen MR) is 102 cm³/mol. The van der Waals surface area contributed by atoms with Gasteiger partial charge in [0, 0.05) is 32.8 Å². The third-order valence-corrected chi connectivity index (χ3v) is 5.79. The first kappa shape index (κ1) is 21.2. The lowest BCUT2D eigenvalue weighted by Crippen LogP contribution is -2.45. The number of halogens is 4. The van der Waals surface area contributed by atoms with Crippen molar-refractivity contribution in [3.63, 3.8) is 0 Å². The molecule has 4 amide bonds. The Bertz CT molecular complexity index is 1100. The highest BCUT2D eigenvalue weighted by Crippen LogP contribution is 2.39. The van der Waals surface area contributed by atoms with Gasteiger partial charge in [-0.2, -0.15) is 18.3 Å². The smallest absolute Gasteiger partial charge is 0.334 e. The Morgan fingerprint density at radius 3 is 2.48 bits per heavy atom. The maximum Gasteiger partial charge on any atom is 0.417 e. The van der Waals surface area contributed by atoms with E-state index >= 15 is 0 Å². The third-order valence-electron chi connectivity index (χ3n) is 5.48. The van der Waals surface area contributed by atoms with Crippen LogP contribution in [-0.2, 0) is 41.4 Å². The summed E-state index contributed by atoms with van der Waals surface area (Å²) in [7, 11) is 1.65. The van der Waals surface area contributed by atoms with Gasteiger partial charge in [-0.15, -0.1) is 0 Å². The Kier molecular flexibility index (Phi) is 4.95. The zero-order chi connectivity index (χ0) is 22.6. The molecule has 0 radical (unpaired) electrons. The van der Waals surface area contributed by atoms with Crippen molar-refractivity contribution in [1.82, 2.24) is 25.3 Å². The van der Waals surface area contributed by atoms with Crippen LogP contribution in [0, 0.1) is 0 Å². The van der Waals surface area contributed by atoms with Gasteiger partial charge in [0.1, 0.15) is 0 Å². The van der Waals surface area contributed by atoms with E-state index in [1.807, 2.05) is 0 Å². The quantitative estimate of drug-likeness (QED) is 0.692. The van der Waals surface area contributed by atoms with Crippen LogP contribution in [-0.4, -0.2) is 32.5 Å². The minimum absolute atomic E-state index is 0.00353. The summed E-state index contributed by atoms with van der Waals surface area (Å²) in [4.78, 5) is 38.5. The van der Waals surface area contributed by atoms with Gasteiger partial charge in [0.25, 0.3) is 5.91 Å². The summed E-state index contributed by atoms with van der Waals surface area (Å²) >= 11 is 5.77. The second-order valence-electron chi connectivity index (χ2n) is 7.54. The Morgan fingerprint density at radius 2 is 1.94 bits per heavy atom. The molecule has 0 spiro atoms. The molecule has 12 heteroatoms. The fraction of sp³-hybridized carbons (Fsp3) is 0.368. The molecule has 1 unspecified atom stereocenters. The van der Waals surface area contributed by atoms with Gasteiger partial charge >= 0.3 is 12.2 Å². The van der Waals surface area contributed by atoms with Crippen molar-refractivity contribution < 1.29 is 27.6 Å². The first-order valence-electron chi connectivity index (χ1n) is 9.29. The van der Waals surface area contributed by atoms with E-state index in [9.17, 15) is 27.6 Å². The van der Waals surface area contributed by atoms with Crippen LogP contribution in [0.3, 0.4) is 0 Å². The molecule has 1 fully saturated rings. The average molecular weight is 456 g/mol. The average Bonchev–Trinajstić information content (AvgIpc) is 3.35. The lowest BCUT2D eigenvalue weighted by molar-refractivity contribution is -0.137. The van der Waals surface area contributed by atoms with E-state index in [0.29, 0.717) is 11.1 Å². The number of nitrogens with zero attached hydrogens (tertiary/aromatic N) is 3. The molecule has 1 aromatic heterocycles. The third kappa shape index (κ3) is 3.73. The van der Waals surface area contributed by atoms with Gasteiger partial charge < -0.3 is 10.2 Å². The molecule has 2 aliphatic heterocycles. The lowest BCUT2D eigenvalue weighted by Gasteiger charge is -2.25. The number of imide groups is 1. The maximum absolute atomic E-state index is 13.1. The topological polar surface area (TPSA) is 96.3 Å². The van der Waals surface area contributed by atoms with Crippen molar-refractivity contribution in [3.05, 3.63) is 51.8 Å². The van der Waals surface area contributed by atoms with Crippen molar-refractivity contribution in [2.24, 2.45) is 7.05 Å². The van der Waals surface area contributed by atoms with Crippen LogP contribution >= 0.6 is 11.6 Å². The number of amides is 4. The van der Waals surface area contributed by atoms with Crippen molar-refractivity contribution >= 4 is 29.4 Å². The number of alkyl halides is 3. The molecule has 0 saturated carbocycles. The summed E-state index contributed by atoms with van der Waals surface area (Å²) < 4.78 is 40.8. The highest BCUT2D eigenvalue weighted by molar-refractivity contribution is 6.31. The van der Waals surface area contributed by atoms with E-state index in [-0.39, 0.29) is 37.5 Å². The Hall–Kier alpha value is -3.08. The number of carbonyl (C=O) groups excluding carboxylic acids is 3. The number of fused-ring (bicyclic) bond motifs is 1. The Labute approximate surface area is 179 Å². The van der Waals surface area contributed by atoms with E-state index in [1.165, 1.54) is 15.6 Å². The fourth-order valence-electron chi connectivity index (χ4n) is 3.89. The molecule has 164 valence electrons. The molecule has 8 nitrogen and oxygen atoms in total. The van der Waals surface area contributed by atoms with Gasteiger partial charge in [-0.25, -0.2) is 4.79 Å². The molecule has 1 aromatic carbocycles. The molecule has 3 heterocycles. The number of nitrogens with one attached hydrogen (secondary N) is 2. The first-order valence-corrected chi connectivity index (χ1v) is 9.67. The predicted octanol–water partition coefficient (Wildman–Crippen LogP) is 2.45. The van der Waals surface area contributed by atoms with Crippen LogP contribution in [0.4, 0.5) is 18.0 Å². The molecule has 31 heavy (non-hydrogen) atoms. The van der Waals surface area contributed by atoms with E-state index in [2.05, 4.69) is 15.7 Å². The molecule has 2 aliphatic rings. The minimum Gasteiger partial charge on any atom is -0.334 e. The van der Waals surface area contributed by atoms with Crippen molar-refractivity contribution in [1.29, 1.82) is 0 Å². The van der Waals surface area contributed by atoms with Crippen LogP contribution in [0.2, 0.25) is 5.02 Å². The second kappa shape index (κ2) is 7.26. The second-order valence-corrected chi connectivity index (χ2v) is 7.94. The van der Waals surface area contributed by atoms with Crippen LogP contribution in [0.15, 0.2) is 24.4 Å². The number of hydrogen-bond donors (Lipinski definition) is 2. The van der Waals surface area contributed by atoms with Crippen LogP contribution in [0.1, 0.15) is 35.2 Å². The molecule has 0 aliphatic carbocycles. The Morgan fingerprint density at radius 1 is 1.26 bits per heavy atom. The highest BCUT2D eigenvalue weighted by atomic mass is 35.5. The number of hydrogen-bond acceptors (Lipinski definition) is 4. The molecule has 2 aromatic rings. The summed E-state index contributed by atoms with van der Waals surface area (Å²) in [6.45, 7) is 0.116. The van der Waals surface area contributed by atoms with E-state index in [0.717, 1.165) is 6.07 Å². The zero-order valence-electron chi connectivity index (χ0n) is 16.2. The van der Waals surface area contributed by atoms with E-state index < -0.39 is 34.2 Å². The van der Waals surface area contributed by atoms with Crippen molar-refractivity contribution in [3.8, 4) is 0 Å². The van der Waals surface area contributed by atoms with Crippen LogP contribution < -0.4 is 10.6 Å². The van der Waals surface area contributed by atoms with E-state index in [1.54, 1.807) is 19.3 Å². The summed E-state index contributed by atoms with van der Waals surface area (Å²) in [5, 5.41) is 8.50. The molecule has 0 bridgehead atoms. The number of aromatic nitrogens is 2. The van der Waals surface area contributed by atoms with Crippen molar-refractivity contribution in [2.75, 3.05) is 0 Å². The van der Waals surface area contributed by atoms with Gasteiger partial charge in [-0.3, -0.25) is 19.6 Å². The molecular formula is C19H17ClF3N5O3. The molecule has 1 atom stereocenters. The molecular weight excluding hydrogens is 439 g/mol. The van der Waals surface area contributed by atoms with Gasteiger partial charge in [0.2, 0.25) is 5.91 Å². The number of urea groups is 1. The number of benzene rings is 1. The molecule has 1 saturated heterocycles. The lowest BCUT2D eigenvalue weighted by atomic mass is 9.89. The number of aryl methyl sites for hydroxylation is 1. The maximum atomic E-state index is 13.1. The normalized spacial score (nSPS) is 20.6. The highest BCUT2D eigenvalue weighted by Gasteiger charge is 2.49. The number of rotatable bonds is 4. The fourth-order valence-corrected chi connectivity index (χ4v) is 4.18. The van der Waals surface area contributed by atoms with Crippen LogP contribution in [0.25, 0.3) is 0 Å². The van der Waals surface area contributed by atoms with Gasteiger partial charge in [-0.05, 0) is 35.7 Å². The zero-order valence-corrected chi connectivity index (χ0v) is 17.0. The Balaban J connectivity index is 1.50. The van der Waals surface area contributed by atoms with Crippen LogP contribution in [0.5, 0.6) is 0 Å². The summed E-state index contributed by atoms with van der Waals surface area (Å²) in [5.41, 5.74) is -1.24. The SMILES string of the molecule is Cn1ccc(C2(CCC(=O)N3Cc4cc(Cl)c(C(F)(F)F)cc4C3)NC(=O)NC2=O)n1. The molecule has 4 rings (SSSR count). The van der Waals surface area contributed by atoms with Gasteiger partial charge in [0.15, 0.2) is 5.54 Å². The summed E-state index contributed by atoms with van der Waals surface area (Å²) in [5.74, 6) is -0.986.